The summed E-state index contributed by atoms with van der Waals surface area (Å²) in [5.74, 6) is -0.614. The summed E-state index contributed by atoms with van der Waals surface area (Å²) in [6.07, 6.45) is 1.53. The summed E-state index contributed by atoms with van der Waals surface area (Å²) in [5.41, 5.74) is 2.03. The molecule has 0 atom stereocenters. The summed E-state index contributed by atoms with van der Waals surface area (Å²) in [5, 5.41) is 5.04. The third kappa shape index (κ3) is 3.88. The van der Waals surface area contributed by atoms with Gasteiger partial charge in [0.2, 0.25) is 0 Å². The molecule has 6 nitrogen and oxygen atoms in total. The largest absolute Gasteiger partial charge is 0.385 e. The van der Waals surface area contributed by atoms with E-state index < -0.39 is 6.29 Å². The van der Waals surface area contributed by atoms with Crippen molar-refractivity contribution in [2.75, 3.05) is 31.6 Å². The fourth-order valence-electron chi connectivity index (χ4n) is 3.54. The molecule has 1 N–H and O–H groups in total. The van der Waals surface area contributed by atoms with Crippen LogP contribution in [0.2, 0.25) is 0 Å². The minimum atomic E-state index is -0.626. The van der Waals surface area contributed by atoms with Crippen molar-refractivity contribution in [3.05, 3.63) is 41.5 Å². The number of hydrogen-bond acceptors (Lipinski definition) is 5. The maximum Gasteiger partial charge on any atom is 0.261 e. The highest BCUT2D eigenvalue weighted by atomic mass is 16.7. The first-order valence-electron chi connectivity index (χ1n) is 10.0. The minimum absolute atomic E-state index is 0.0751. The lowest BCUT2D eigenvalue weighted by molar-refractivity contribution is -0.140. The van der Waals surface area contributed by atoms with E-state index in [9.17, 15) is 9.59 Å². The molecule has 1 aliphatic rings. The maximum atomic E-state index is 13.1. The van der Waals surface area contributed by atoms with E-state index >= 15 is 0 Å². The molecule has 2 aromatic rings. The Morgan fingerprint density at radius 1 is 0.964 bits per heavy atom. The van der Waals surface area contributed by atoms with Gasteiger partial charge in [0, 0.05) is 47.3 Å². The van der Waals surface area contributed by atoms with Crippen LogP contribution in [0.4, 0.5) is 5.69 Å². The van der Waals surface area contributed by atoms with Crippen LogP contribution in [0, 0.1) is 0 Å². The molecule has 2 amide bonds. The molecule has 0 bridgehead atoms. The number of nitrogens with zero attached hydrogens (tertiary/aromatic N) is 1. The summed E-state index contributed by atoms with van der Waals surface area (Å²) >= 11 is 0. The standard InChI is InChI=1S/C22H28N2O4/c1-4-7-13-23-18-12-11-17-20-15(18)9-8-10-16(20)21(25)24(22(17)26)14-19(27-5-2)28-6-3/h8-12,19,23H,4-7,13-14H2,1-3H3. The van der Waals surface area contributed by atoms with Gasteiger partial charge in [-0.1, -0.05) is 25.5 Å². The second-order valence-electron chi connectivity index (χ2n) is 6.73. The van der Waals surface area contributed by atoms with Crippen molar-refractivity contribution in [3.63, 3.8) is 0 Å². The van der Waals surface area contributed by atoms with Crippen LogP contribution in [0.3, 0.4) is 0 Å². The zero-order valence-corrected chi connectivity index (χ0v) is 16.8. The van der Waals surface area contributed by atoms with Gasteiger partial charge in [0.15, 0.2) is 6.29 Å². The number of nitrogens with one attached hydrogen (secondary N) is 1. The van der Waals surface area contributed by atoms with Gasteiger partial charge < -0.3 is 14.8 Å². The molecule has 0 fully saturated rings. The molecule has 6 heteroatoms. The molecule has 1 aliphatic heterocycles. The van der Waals surface area contributed by atoms with Gasteiger partial charge in [-0.15, -0.1) is 0 Å². The number of carbonyl (C=O) groups is 2. The molecule has 0 saturated carbocycles. The van der Waals surface area contributed by atoms with Gasteiger partial charge in [-0.05, 0) is 38.5 Å². The number of carbonyl (C=O) groups excluding carboxylic acids is 2. The van der Waals surface area contributed by atoms with Gasteiger partial charge in [0.25, 0.3) is 11.8 Å². The van der Waals surface area contributed by atoms with Gasteiger partial charge in [0.05, 0.1) is 6.54 Å². The number of ether oxygens (including phenoxy) is 2. The second kappa shape index (κ2) is 9.17. The first-order valence-corrected chi connectivity index (χ1v) is 10.0. The predicted molar refractivity (Wildman–Crippen MR) is 110 cm³/mol. The average Bonchev–Trinajstić information content (AvgIpc) is 2.70. The Balaban J connectivity index is 1.97. The number of hydrogen-bond donors (Lipinski definition) is 1. The Kier molecular flexibility index (Phi) is 6.65. The molecule has 28 heavy (non-hydrogen) atoms. The van der Waals surface area contributed by atoms with Gasteiger partial charge in [0.1, 0.15) is 0 Å². The Hall–Kier alpha value is -2.44. The lowest BCUT2D eigenvalue weighted by atomic mass is 9.93. The van der Waals surface area contributed by atoms with Crippen LogP contribution in [0.1, 0.15) is 54.3 Å². The van der Waals surface area contributed by atoms with Crippen LogP contribution >= 0.6 is 0 Å². The van der Waals surface area contributed by atoms with Gasteiger partial charge in [-0.2, -0.15) is 0 Å². The van der Waals surface area contributed by atoms with Gasteiger partial charge in [-0.3, -0.25) is 14.5 Å². The Morgan fingerprint density at radius 3 is 2.29 bits per heavy atom. The van der Waals surface area contributed by atoms with Gasteiger partial charge >= 0.3 is 0 Å². The quantitative estimate of drug-likeness (QED) is 0.380. The SMILES string of the molecule is CCCCNc1ccc2c3c(cccc13)C(=O)N(CC(OCC)OCC)C2=O. The zero-order chi connectivity index (χ0) is 20.1. The summed E-state index contributed by atoms with van der Waals surface area (Å²) in [6, 6.07) is 9.32. The molecule has 2 aromatic carbocycles. The van der Waals surface area contributed by atoms with Crippen molar-refractivity contribution in [2.45, 2.75) is 39.9 Å². The summed E-state index contributed by atoms with van der Waals surface area (Å²) in [7, 11) is 0. The van der Waals surface area contributed by atoms with E-state index in [2.05, 4.69) is 12.2 Å². The molecule has 0 saturated heterocycles. The number of rotatable bonds is 10. The fourth-order valence-corrected chi connectivity index (χ4v) is 3.54. The number of anilines is 1. The minimum Gasteiger partial charge on any atom is -0.385 e. The summed E-state index contributed by atoms with van der Waals surface area (Å²) in [4.78, 5) is 27.4. The van der Waals surface area contributed by atoms with E-state index in [1.165, 1.54) is 4.90 Å². The van der Waals surface area contributed by atoms with Crippen LogP contribution in [-0.4, -0.2) is 49.3 Å². The maximum absolute atomic E-state index is 13.1. The number of benzene rings is 2. The van der Waals surface area contributed by atoms with Crippen molar-refractivity contribution in [3.8, 4) is 0 Å². The smallest absolute Gasteiger partial charge is 0.261 e. The van der Waals surface area contributed by atoms with Crippen molar-refractivity contribution in [2.24, 2.45) is 0 Å². The molecule has 0 aromatic heterocycles. The van der Waals surface area contributed by atoms with Crippen molar-refractivity contribution in [1.29, 1.82) is 0 Å². The predicted octanol–water partition coefficient (Wildman–Crippen LogP) is 4.05. The third-order valence-corrected chi connectivity index (χ3v) is 4.87. The summed E-state index contributed by atoms with van der Waals surface area (Å²) < 4.78 is 11.1. The van der Waals surface area contributed by atoms with Crippen molar-refractivity contribution < 1.29 is 19.1 Å². The summed E-state index contributed by atoms with van der Waals surface area (Å²) in [6.45, 7) is 7.67. The van der Waals surface area contributed by atoms with Crippen molar-refractivity contribution in [1.82, 2.24) is 4.90 Å². The van der Waals surface area contributed by atoms with E-state index in [0.29, 0.717) is 24.3 Å². The lowest BCUT2D eigenvalue weighted by Crippen LogP contribution is -2.45. The normalized spacial score (nSPS) is 13.6. The highest BCUT2D eigenvalue weighted by Crippen LogP contribution is 2.34. The molecular formula is C22H28N2O4. The van der Waals surface area contributed by atoms with Crippen LogP contribution in [0.25, 0.3) is 10.8 Å². The van der Waals surface area contributed by atoms with Crippen LogP contribution in [0.15, 0.2) is 30.3 Å². The second-order valence-corrected chi connectivity index (χ2v) is 6.73. The topological polar surface area (TPSA) is 67.9 Å². The monoisotopic (exact) mass is 384 g/mol. The zero-order valence-electron chi connectivity index (χ0n) is 16.8. The lowest BCUT2D eigenvalue weighted by Gasteiger charge is -2.30. The number of imide groups is 1. The fraction of sp³-hybridized carbons (Fsp3) is 0.455. The van der Waals surface area contributed by atoms with E-state index in [4.69, 9.17) is 9.47 Å². The Morgan fingerprint density at radius 2 is 1.64 bits per heavy atom. The molecular weight excluding hydrogens is 356 g/mol. The van der Waals surface area contributed by atoms with Crippen LogP contribution in [-0.2, 0) is 9.47 Å². The van der Waals surface area contributed by atoms with Gasteiger partial charge in [-0.25, -0.2) is 0 Å². The first-order chi connectivity index (χ1) is 13.6. The molecule has 3 rings (SSSR count). The Labute approximate surface area is 165 Å². The van der Waals surface area contributed by atoms with Crippen LogP contribution in [0.5, 0.6) is 0 Å². The highest BCUT2D eigenvalue weighted by Gasteiger charge is 2.35. The van der Waals surface area contributed by atoms with Crippen molar-refractivity contribution >= 4 is 28.3 Å². The third-order valence-electron chi connectivity index (χ3n) is 4.87. The van der Waals surface area contributed by atoms with E-state index in [1.54, 1.807) is 12.1 Å². The molecule has 150 valence electrons. The first kappa shape index (κ1) is 20.3. The number of unbranched alkanes of at least 4 members (excludes halogenated alkanes) is 1. The molecule has 0 radical (unpaired) electrons. The molecule has 0 spiro atoms. The molecule has 0 unspecified atom stereocenters. The number of amides is 2. The molecule has 1 heterocycles. The average molecular weight is 384 g/mol. The van der Waals surface area contributed by atoms with E-state index in [1.807, 2.05) is 32.0 Å². The Bertz CT molecular complexity index is 837. The molecule has 0 aliphatic carbocycles. The van der Waals surface area contributed by atoms with Crippen LogP contribution < -0.4 is 5.32 Å². The highest BCUT2D eigenvalue weighted by molar-refractivity contribution is 6.26. The van der Waals surface area contributed by atoms with E-state index in [-0.39, 0.29) is 18.4 Å². The van der Waals surface area contributed by atoms with E-state index in [0.717, 1.165) is 35.8 Å².